The van der Waals surface area contributed by atoms with Gasteiger partial charge in [0.25, 0.3) is 5.91 Å². The Hall–Kier alpha value is -1.58. The van der Waals surface area contributed by atoms with Crippen molar-refractivity contribution >= 4 is 11.7 Å². The lowest BCUT2D eigenvalue weighted by Gasteiger charge is -2.34. The van der Waals surface area contributed by atoms with Gasteiger partial charge in [-0.25, -0.2) is 4.98 Å². The smallest absolute Gasteiger partial charge is 0.253 e. The number of nitrogens with one attached hydrogen (secondary N) is 2. The van der Waals surface area contributed by atoms with Crippen LogP contribution in [0.25, 0.3) is 0 Å². The Bertz CT molecular complexity index is 456. The third-order valence-electron chi connectivity index (χ3n) is 4.38. The number of amides is 1. The Kier molecular flexibility index (Phi) is 5.59. The van der Waals surface area contributed by atoms with Gasteiger partial charge in [-0.05, 0) is 43.7 Å². The second kappa shape index (κ2) is 7.43. The van der Waals surface area contributed by atoms with E-state index < -0.39 is 0 Å². The molecule has 1 aliphatic carbocycles. The monoisotopic (exact) mass is 289 g/mol. The molecule has 116 valence electrons. The van der Waals surface area contributed by atoms with Crippen molar-refractivity contribution in [2.45, 2.75) is 52.5 Å². The van der Waals surface area contributed by atoms with Crippen molar-refractivity contribution in [1.29, 1.82) is 0 Å². The van der Waals surface area contributed by atoms with Crippen molar-refractivity contribution in [2.75, 3.05) is 11.9 Å². The van der Waals surface area contributed by atoms with Crippen molar-refractivity contribution < 1.29 is 4.79 Å². The van der Waals surface area contributed by atoms with Gasteiger partial charge in [0.15, 0.2) is 0 Å². The third-order valence-corrected chi connectivity index (χ3v) is 4.38. The number of carbonyl (C=O) groups excluding carboxylic acids is 1. The number of pyridine rings is 1. The summed E-state index contributed by atoms with van der Waals surface area (Å²) in [7, 11) is 0. The van der Waals surface area contributed by atoms with E-state index in [1.165, 1.54) is 19.3 Å². The average Bonchev–Trinajstić information content (AvgIpc) is 2.48. The molecule has 2 rings (SSSR count). The molecule has 2 atom stereocenters. The number of aromatic nitrogens is 1. The third kappa shape index (κ3) is 4.19. The van der Waals surface area contributed by atoms with E-state index >= 15 is 0 Å². The maximum atomic E-state index is 12.4. The first-order valence-corrected chi connectivity index (χ1v) is 8.12. The van der Waals surface area contributed by atoms with Crippen LogP contribution in [0, 0.1) is 11.8 Å². The molecule has 0 aliphatic heterocycles. The maximum Gasteiger partial charge on any atom is 0.253 e. The predicted molar refractivity (Wildman–Crippen MR) is 86.5 cm³/mol. The fourth-order valence-corrected chi connectivity index (χ4v) is 3.20. The first kappa shape index (κ1) is 15.8. The number of carbonyl (C=O) groups is 1. The lowest BCUT2D eigenvalue weighted by Crippen LogP contribution is -2.43. The number of hydrogen-bond donors (Lipinski definition) is 2. The summed E-state index contributed by atoms with van der Waals surface area (Å²) in [6.45, 7) is 7.36. The van der Waals surface area contributed by atoms with E-state index in [4.69, 9.17) is 0 Å². The van der Waals surface area contributed by atoms with Crippen LogP contribution in [-0.4, -0.2) is 23.5 Å². The van der Waals surface area contributed by atoms with Gasteiger partial charge >= 0.3 is 0 Å². The van der Waals surface area contributed by atoms with Crippen LogP contribution in [0.3, 0.4) is 0 Å². The molecule has 1 aromatic rings. The highest BCUT2D eigenvalue weighted by Crippen LogP contribution is 2.30. The van der Waals surface area contributed by atoms with E-state index in [1.807, 2.05) is 19.1 Å². The van der Waals surface area contributed by atoms with Crippen LogP contribution in [0.4, 0.5) is 5.82 Å². The predicted octanol–water partition coefficient (Wildman–Crippen LogP) is 3.46. The molecule has 2 N–H and O–H groups in total. The SMILES string of the molecule is CCNc1ccc(C(=O)NC2CCCCC2C(C)C)cn1. The van der Waals surface area contributed by atoms with Crippen LogP contribution in [0.2, 0.25) is 0 Å². The lowest BCUT2D eigenvalue weighted by atomic mass is 9.78. The van der Waals surface area contributed by atoms with E-state index in [0.717, 1.165) is 18.8 Å². The van der Waals surface area contributed by atoms with Gasteiger partial charge in [0.2, 0.25) is 0 Å². The molecule has 4 nitrogen and oxygen atoms in total. The van der Waals surface area contributed by atoms with Crippen LogP contribution >= 0.6 is 0 Å². The zero-order valence-electron chi connectivity index (χ0n) is 13.4. The van der Waals surface area contributed by atoms with Crippen LogP contribution in [0.15, 0.2) is 18.3 Å². The van der Waals surface area contributed by atoms with Crippen molar-refractivity contribution in [2.24, 2.45) is 11.8 Å². The minimum Gasteiger partial charge on any atom is -0.370 e. The van der Waals surface area contributed by atoms with Gasteiger partial charge < -0.3 is 10.6 Å². The molecule has 0 spiro atoms. The minimum atomic E-state index is 0.00287. The van der Waals surface area contributed by atoms with E-state index in [9.17, 15) is 4.79 Å². The van der Waals surface area contributed by atoms with Gasteiger partial charge in [-0.1, -0.05) is 26.7 Å². The molecule has 4 heteroatoms. The summed E-state index contributed by atoms with van der Waals surface area (Å²) < 4.78 is 0. The van der Waals surface area contributed by atoms with Crippen molar-refractivity contribution in [1.82, 2.24) is 10.3 Å². The highest BCUT2D eigenvalue weighted by molar-refractivity contribution is 5.94. The minimum absolute atomic E-state index is 0.00287. The molecule has 0 bridgehead atoms. The van der Waals surface area contributed by atoms with Gasteiger partial charge in [0.1, 0.15) is 5.82 Å². The molecule has 1 aliphatic rings. The number of anilines is 1. The number of nitrogens with zero attached hydrogens (tertiary/aromatic N) is 1. The maximum absolute atomic E-state index is 12.4. The Labute approximate surface area is 127 Å². The van der Waals surface area contributed by atoms with Crippen molar-refractivity contribution in [3.63, 3.8) is 0 Å². The van der Waals surface area contributed by atoms with Crippen LogP contribution in [0.5, 0.6) is 0 Å². The lowest BCUT2D eigenvalue weighted by molar-refractivity contribution is 0.0889. The molecule has 1 amide bonds. The normalized spacial score (nSPS) is 22.1. The van der Waals surface area contributed by atoms with Gasteiger partial charge in [-0.15, -0.1) is 0 Å². The molecule has 1 aromatic heterocycles. The Morgan fingerprint density at radius 2 is 2.10 bits per heavy atom. The van der Waals surface area contributed by atoms with E-state index in [-0.39, 0.29) is 5.91 Å². The second-order valence-electron chi connectivity index (χ2n) is 6.23. The quantitative estimate of drug-likeness (QED) is 0.873. The standard InChI is InChI=1S/C17H27N3O/c1-4-18-16-10-9-13(11-19-16)17(21)20-15-8-6-5-7-14(15)12(2)3/h9-12,14-15H,4-8H2,1-3H3,(H,18,19)(H,20,21). The Morgan fingerprint density at radius 3 is 2.71 bits per heavy atom. The largest absolute Gasteiger partial charge is 0.370 e. The molecule has 1 heterocycles. The van der Waals surface area contributed by atoms with E-state index in [1.54, 1.807) is 6.20 Å². The summed E-state index contributed by atoms with van der Waals surface area (Å²) >= 11 is 0. The molecule has 21 heavy (non-hydrogen) atoms. The van der Waals surface area contributed by atoms with Gasteiger partial charge in [0, 0.05) is 18.8 Å². The molecular formula is C17H27N3O. The van der Waals surface area contributed by atoms with E-state index in [2.05, 4.69) is 29.5 Å². The van der Waals surface area contributed by atoms with Crippen LogP contribution in [0.1, 0.15) is 56.8 Å². The summed E-state index contributed by atoms with van der Waals surface area (Å²) in [6.07, 6.45) is 6.47. The average molecular weight is 289 g/mol. The second-order valence-corrected chi connectivity index (χ2v) is 6.23. The fraction of sp³-hybridized carbons (Fsp3) is 0.647. The topological polar surface area (TPSA) is 54.0 Å². The van der Waals surface area contributed by atoms with Crippen LogP contribution in [-0.2, 0) is 0 Å². The summed E-state index contributed by atoms with van der Waals surface area (Å²) in [5.74, 6) is 2.02. The number of rotatable bonds is 5. The first-order valence-electron chi connectivity index (χ1n) is 8.12. The summed E-state index contributed by atoms with van der Waals surface area (Å²) in [5.41, 5.74) is 0.643. The summed E-state index contributed by atoms with van der Waals surface area (Å²) in [6, 6.07) is 4.01. The van der Waals surface area contributed by atoms with Gasteiger partial charge in [-0.3, -0.25) is 4.79 Å². The fourth-order valence-electron chi connectivity index (χ4n) is 3.20. The van der Waals surface area contributed by atoms with Gasteiger partial charge in [0.05, 0.1) is 5.56 Å². The molecular weight excluding hydrogens is 262 g/mol. The Morgan fingerprint density at radius 1 is 1.33 bits per heavy atom. The number of hydrogen-bond acceptors (Lipinski definition) is 3. The molecule has 1 saturated carbocycles. The molecule has 2 unspecified atom stereocenters. The van der Waals surface area contributed by atoms with E-state index in [0.29, 0.717) is 23.4 Å². The van der Waals surface area contributed by atoms with Crippen molar-refractivity contribution in [3.8, 4) is 0 Å². The molecule has 0 aromatic carbocycles. The van der Waals surface area contributed by atoms with Gasteiger partial charge in [-0.2, -0.15) is 0 Å². The molecule has 0 radical (unpaired) electrons. The highest BCUT2D eigenvalue weighted by atomic mass is 16.1. The Balaban J connectivity index is 1.99. The summed E-state index contributed by atoms with van der Waals surface area (Å²) in [4.78, 5) is 16.6. The molecule has 0 saturated heterocycles. The highest BCUT2D eigenvalue weighted by Gasteiger charge is 2.28. The molecule has 1 fully saturated rings. The zero-order valence-corrected chi connectivity index (χ0v) is 13.4. The van der Waals surface area contributed by atoms with Crippen LogP contribution < -0.4 is 10.6 Å². The first-order chi connectivity index (χ1) is 10.1. The zero-order chi connectivity index (χ0) is 15.2. The van der Waals surface area contributed by atoms with Crippen molar-refractivity contribution in [3.05, 3.63) is 23.9 Å². The summed E-state index contributed by atoms with van der Waals surface area (Å²) in [5, 5.41) is 6.35.